The van der Waals surface area contributed by atoms with Gasteiger partial charge in [0.1, 0.15) is 23.0 Å². The molecule has 3 heterocycles. The van der Waals surface area contributed by atoms with Gasteiger partial charge in [-0.1, -0.05) is 18.2 Å². The van der Waals surface area contributed by atoms with Crippen LogP contribution in [0.2, 0.25) is 0 Å². The largest absolute Gasteiger partial charge is 0.422 e. The van der Waals surface area contributed by atoms with Crippen molar-refractivity contribution in [1.29, 1.82) is 5.26 Å². The first-order chi connectivity index (χ1) is 14.1. The van der Waals surface area contributed by atoms with E-state index in [1.165, 1.54) is 12.1 Å². The fourth-order valence-corrected chi connectivity index (χ4v) is 3.32. The number of hydrogen-bond donors (Lipinski definition) is 0. The molecule has 0 amide bonds. The molecule has 3 aromatic heterocycles. The molecule has 0 radical (unpaired) electrons. The van der Waals surface area contributed by atoms with Gasteiger partial charge in [0.2, 0.25) is 0 Å². The van der Waals surface area contributed by atoms with Crippen LogP contribution in [0.1, 0.15) is 5.56 Å². The minimum atomic E-state index is -0.700. The van der Waals surface area contributed by atoms with Gasteiger partial charge in [-0.25, -0.2) is 18.7 Å². The van der Waals surface area contributed by atoms with E-state index >= 15 is 0 Å². The van der Waals surface area contributed by atoms with Crippen molar-refractivity contribution < 1.29 is 8.81 Å². The van der Waals surface area contributed by atoms with Crippen molar-refractivity contribution in [1.82, 2.24) is 14.6 Å². The zero-order valence-corrected chi connectivity index (χ0v) is 14.8. The van der Waals surface area contributed by atoms with Gasteiger partial charge in [-0.05, 0) is 30.3 Å². The summed E-state index contributed by atoms with van der Waals surface area (Å²) in [5, 5.41) is 14.7. The Labute approximate surface area is 163 Å². The molecule has 6 nitrogen and oxygen atoms in total. The monoisotopic (exact) mass is 382 g/mol. The lowest BCUT2D eigenvalue weighted by molar-refractivity contribution is 0.559. The van der Waals surface area contributed by atoms with Crippen LogP contribution >= 0.6 is 0 Å². The summed E-state index contributed by atoms with van der Waals surface area (Å²) >= 11 is 0. The highest BCUT2D eigenvalue weighted by Crippen LogP contribution is 2.30. The Morgan fingerprint density at radius 1 is 1.07 bits per heavy atom. The predicted molar refractivity (Wildman–Crippen MR) is 105 cm³/mol. The number of rotatable bonds is 2. The average Bonchev–Trinajstić information content (AvgIpc) is 3.16. The molecule has 0 saturated carbocycles. The van der Waals surface area contributed by atoms with Crippen LogP contribution in [0.25, 0.3) is 39.0 Å². The molecule has 0 atom stereocenters. The van der Waals surface area contributed by atoms with Crippen LogP contribution in [-0.2, 0) is 0 Å². The number of benzene rings is 2. The van der Waals surface area contributed by atoms with Crippen molar-refractivity contribution in [2.24, 2.45) is 0 Å². The van der Waals surface area contributed by atoms with Gasteiger partial charge in [-0.2, -0.15) is 10.4 Å². The van der Waals surface area contributed by atoms with Crippen LogP contribution in [-0.4, -0.2) is 14.6 Å². The molecule has 7 heteroatoms. The molecule has 5 rings (SSSR count). The highest BCUT2D eigenvalue weighted by Gasteiger charge is 2.17. The minimum Gasteiger partial charge on any atom is -0.422 e. The van der Waals surface area contributed by atoms with Gasteiger partial charge < -0.3 is 4.42 Å². The molecular formula is C22H11FN4O2. The Hall–Kier alpha value is -4.31. The standard InChI is InChI=1S/C22H11FN4O2/c23-15-7-5-13(6-8-15)18-9-20-25-11-14(12-27(20)26-18)21-16-3-1-2-4-19(16)29-22(28)17(21)10-24/h1-9,11-12H. The zero-order chi connectivity index (χ0) is 20.0. The normalized spacial score (nSPS) is 11.0. The summed E-state index contributed by atoms with van der Waals surface area (Å²) in [5.41, 5.74) is 2.58. The molecule has 138 valence electrons. The van der Waals surface area contributed by atoms with Crippen LogP contribution < -0.4 is 5.63 Å². The first-order valence-electron chi connectivity index (χ1n) is 8.72. The van der Waals surface area contributed by atoms with Crippen molar-refractivity contribution in [3.8, 4) is 28.5 Å². The third kappa shape index (κ3) is 2.75. The fraction of sp³-hybridized carbons (Fsp3) is 0. The fourth-order valence-electron chi connectivity index (χ4n) is 3.32. The van der Waals surface area contributed by atoms with Crippen LogP contribution in [0.3, 0.4) is 0 Å². The van der Waals surface area contributed by atoms with Crippen molar-refractivity contribution in [2.45, 2.75) is 0 Å². The second kappa shape index (κ2) is 6.39. The topological polar surface area (TPSA) is 84.2 Å². The number of para-hydroxylation sites is 1. The molecule has 2 aromatic carbocycles. The minimum absolute atomic E-state index is 0.0873. The maximum Gasteiger partial charge on any atom is 0.354 e. The third-order valence-corrected chi connectivity index (χ3v) is 4.67. The van der Waals surface area contributed by atoms with Gasteiger partial charge >= 0.3 is 5.63 Å². The number of nitriles is 1. The van der Waals surface area contributed by atoms with E-state index in [1.807, 2.05) is 6.07 Å². The molecule has 5 aromatic rings. The Kier molecular flexibility index (Phi) is 3.71. The van der Waals surface area contributed by atoms with Crippen LogP contribution in [0.5, 0.6) is 0 Å². The number of aromatic nitrogens is 3. The van der Waals surface area contributed by atoms with E-state index in [-0.39, 0.29) is 11.4 Å². The van der Waals surface area contributed by atoms with Crippen molar-refractivity contribution in [3.63, 3.8) is 0 Å². The lowest BCUT2D eigenvalue weighted by atomic mass is 10.00. The molecule has 0 fully saturated rings. The van der Waals surface area contributed by atoms with E-state index in [2.05, 4.69) is 10.1 Å². The Morgan fingerprint density at radius 2 is 1.86 bits per heavy atom. The van der Waals surface area contributed by atoms with Crippen LogP contribution in [0.4, 0.5) is 4.39 Å². The first-order valence-corrected chi connectivity index (χ1v) is 8.72. The molecule has 0 N–H and O–H groups in total. The maximum absolute atomic E-state index is 13.2. The van der Waals surface area contributed by atoms with Crippen LogP contribution in [0.15, 0.2) is 76.2 Å². The molecule has 29 heavy (non-hydrogen) atoms. The molecule has 0 bridgehead atoms. The SMILES string of the molecule is N#Cc1c(-c2cnc3cc(-c4ccc(F)cc4)nn3c2)c2ccccc2oc1=O. The molecule has 0 unspecified atom stereocenters. The average molecular weight is 382 g/mol. The predicted octanol–water partition coefficient (Wildman–Crippen LogP) is 4.18. The lowest BCUT2D eigenvalue weighted by Crippen LogP contribution is -2.07. The summed E-state index contributed by atoms with van der Waals surface area (Å²) in [7, 11) is 0. The summed E-state index contributed by atoms with van der Waals surface area (Å²) in [4.78, 5) is 16.7. The Balaban J connectivity index is 1.73. The Morgan fingerprint density at radius 3 is 2.66 bits per heavy atom. The van der Waals surface area contributed by atoms with Crippen molar-refractivity contribution in [2.75, 3.05) is 0 Å². The molecule has 0 spiro atoms. The summed E-state index contributed by atoms with van der Waals surface area (Å²) in [6.45, 7) is 0. The van der Waals surface area contributed by atoms with E-state index in [1.54, 1.807) is 59.4 Å². The van der Waals surface area contributed by atoms with Gasteiger partial charge in [0.05, 0.1) is 5.69 Å². The smallest absolute Gasteiger partial charge is 0.354 e. The van der Waals surface area contributed by atoms with E-state index < -0.39 is 5.63 Å². The van der Waals surface area contributed by atoms with Crippen molar-refractivity contribution >= 4 is 16.6 Å². The highest BCUT2D eigenvalue weighted by atomic mass is 19.1. The Bertz CT molecular complexity index is 1490. The molecule has 0 aliphatic rings. The second-order valence-corrected chi connectivity index (χ2v) is 6.43. The molecule has 0 aliphatic heterocycles. The lowest BCUT2D eigenvalue weighted by Gasteiger charge is -2.07. The number of fused-ring (bicyclic) bond motifs is 2. The summed E-state index contributed by atoms with van der Waals surface area (Å²) in [5.74, 6) is -0.322. The third-order valence-electron chi connectivity index (χ3n) is 4.67. The van der Waals surface area contributed by atoms with Gasteiger partial charge in [-0.15, -0.1) is 0 Å². The van der Waals surface area contributed by atoms with E-state index in [0.717, 1.165) is 5.56 Å². The van der Waals surface area contributed by atoms with E-state index in [4.69, 9.17) is 4.42 Å². The van der Waals surface area contributed by atoms with Gasteiger partial charge in [0, 0.05) is 40.5 Å². The van der Waals surface area contributed by atoms with Gasteiger partial charge in [-0.3, -0.25) is 0 Å². The maximum atomic E-state index is 13.2. The molecule has 0 aliphatic carbocycles. The van der Waals surface area contributed by atoms with Crippen LogP contribution in [0, 0.1) is 17.1 Å². The van der Waals surface area contributed by atoms with Crippen molar-refractivity contribution in [3.05, 3.63) is 88.8 Å². The molecular weight excluding hydrogens is 371 g/mol. The number of nitrogens with zero attached hydrogens (tertiary/aromatic N) is 4. The summed E-state index contributed by atoms with van der Waals surface area (Å²) < 4.78 is 20.0. The second-order valence-electron chi connectivity index (χ2n) is 6.43. The number of halogens is 1. The highest BCUT2D eigenvalue weighted by molar-refractivity contribution is 5.95. The molecule has 0 saturated heterocycles. The van der Waals surface area contributed by atoms with E-state index in [0.29, 0.717) is 33.4 Å². The summed E-state index contributed by atoms with van der Waals surface area (Å²) in [6.07, 6.45) is 3.30. The van der Waals surface area contributed by atoms with Gasteiger partial charge in [0.15, 0.2) is 5.65 Å². The zero-order valence-electron chi connectivity index (χ0n) is 14.8. The quantitative estimate of drug-likeness (QED) is 0.428. The first kappa shape index (κ1) is 16.8. The van der Waals surface area contributed by atoms with Gasteiger partial charge in [0.25, 0.3) is 0 Å². The van der Waals surface area contributed by atoms with E-state index in [9.17, 15) is 14.4 Å². The summed E-state index contributed by atoms with van der Waals surface area (Å²) in [6, 6.07) is 16.8. The number of hydrogen-bond acceptors (Lipinski definition) is 5.